The van der Waals surface area contributed by atoms with E-state index in [4.69, 9.17) is 32.4 Å². The fourth-order valence-electron chi connectivity index (χ4n) is 4.12. The summed E-state index contributed by atoms with van der Waals surface area (Å²) in [6.07, 6.45) is 5.89. The number of hydrogen-bond donors (Lipinski definition) is 1. The normalized spacial score (nSPS) is 14.0. The summed E-state index contributed by atoms with van der Waals surface area (Å²) in [5.41, 5.74) is 5.41. The van der Waals surface area contributed by atoms with Gasteiger partial charge in [-0.05, 0) is 62.9 Å². The van der Waals surface area contributed by atoms with Crippen LogP contribution in [0.2, 0.25) is 10.0 Å². The van der Waals surface area contributed by atoms with Gasteiger partial charge in [-0.15, -0.1) is 0 Å². The van der Waals surface area contributed by atoms with Gasteiger partial charge < -0.3 is 14.5 Å². The number of halogens is 2. The molecule has 0 radical (unpaired) electrons. The van der Waals surface area contributed by atoms with Crippen LogP contribution in [-0.2, 0) is 17.6 Å². The minimum atomic E-state index is -0.250. The largest absolute Gasteiger partial charge is 0.496 e. The van der Waals surface area contributed by atoms with Crippen LogP contribution in [0.3, 0.4) is 0 Å². The number of nitrogens with one attached hydrogen (secondary N) is 1. The van der Waals surface area contributed by atoms with Gasteiger partial charge in [-0.25, -0.2) is 0 Å². The molecule has 2 aromatic carbocycles. The van der Waals surface area contributed by atoms with Crippen LogP contribution in [0.4, 0.5) is 5.69 Å². The Morgan fingerprint density at radius 2 is 1.93 bits per heavy atom. The second-order valence-electron chi connectivity index (χ2n) is 7.62. The van der Waals surface area contributed by atoms with Crippen LogP contribution in [0.5, 0.6) is 5.75 Å². The van der Waals surface area contributed by atoms with E-state index in [0.29, 0.717) is 15.7 Å². The molecule has 30 heavy (non-hydrogen) atoms. The number of ether oxygens (including phenoxy) is 1. The third kappa shape index (κ3) is 3.82. The number of aryl methyl sites for hydroxylation is 3. The maximum Gasteiger partial charge on any atom is 0.248 e. The summed E-state index contributed by atoms with van der Waals surface area (Å²) in [6, 6.07) is 7.08. The Hall–Kier alpha value is -2.43. The van der Waals surface area contributed by atoms with Gasteiger partial charge in [-0.1, -0.05) is 23.2 Å². The molecule has 1 amide bonds. The molecule has 0 spiro atoms. The van der Waals surface area contributed by atoms with Gasteiger partial charge in [0.2, 0.25) is 5.91 Å². The highest BCUT2D eigenvalue weighted by molar-refractivity contribution is 6.42. The molecule has 1 aliphatic carbocycles. The molecular formula is C24H23Cl2NO3. The second-order valence-corrected chi connectivity index (χ2v) is 8.43. The van der Waals surface area contributed by atoms with Crippen molar-refractivity contribution in [2.75, 3.05) is 12.4 Å². The number of furan rings is 1. The Balaban J connectivity index is 1.71. The first kappa shape index (κ1) is 20.8. The van der Waals surface area contributed by atoms with E-state index < -0.39 is 0 Å². The van der Waals surface area contributed by atoms with Crippen molar-refractivity contribution in [3.8, 4) is 5.75 Å². The van der Waals surface area contributed by atoms with Crippen LogP contribution in [-0.4, -0.2) is 13.0 Å². The van der Waals surface area contributed by atoms with Gasteiger partial charge in [0.25, 0.3) is 0 Å². The lowest BCUT2D eigenvalue weighted by molar-refractivity contribution is -0.111. The topological polar surface area (TPSA) is 51.5 Å². The number of carbonyl (C=O) groups is 1. The number of amides is 1. The number of rotatable bonds is 4. The molecule has 0 unspecified atom stereocenters. The van der Waals surface area contributed by atoms with Gasteiger partial charge in [0, 0.05) is 40.3 Å². The van der Waals surface area contributed by atoms with Crippen molar-refractivity contribution >= 4 is 51.3 Å². The molecule has 1 heterocycles. The molecule has 1 aromatic heterocycles. The zero-order chi connectivity index (χ0) is 21.4. The van der Waals surface area contributed by atoms with E-state index in [2.05, 4.69) is 11.4 Å². The van der Waals surface area contributed by atoms with Crippen molar-refractivity contribution in [1.29, 1.82) is 0 Å². The molecule has 6 heteroatoms. The van der Waals surface area contributed by atoms with E-state index in [0.717, 1.165) is 58.4 Å². The number of allylic oxidation sites excluding steroid dienone is 1. The number of fused-ring (bicyclic) bond motifs is 3. The van der Waals surface area contributed by atoms with Crippen molar-refractivity contribution in [3.05, 3.63) is 62.8 Å². The molecule has 4 rings (SSSR count). The van der Waals surface area contributed by atoms with Gasteiger partial charge in [0.15, 0.2) is 0 Å². The number of benzene rings is 2. The van der Waals surface area contributed by atoms with Crippen LogP contribution >= 0.6 is 23.2 Å². The second kappa shape index (κ2) is 8.37. The minimum Gasteiger partial charge on any atom is -0.496 e. The Bertz CT molecular complexity index is 1180. The van der Waals surface area contributed by atoms with Gasteiger partial charge in [0.1, 0.15) is 17.1 Å². The molecule has 1 aliphatic rings. The molecule has 156 valence electrons. The third-order valence-electron chi connectivity index (χ3n) is 5.59. The average molecular weight is 444 g/mol. The molecule has 0 atom stereocenters. The van der Waals surface area contributed by atoms with E-state index in [9.17, 15) is 4.79 Å². The molecule has 0 saturated carbocycles. The lowest BCUT2D eigenvalue weighted by Gasteiger charge is -2.13. The smallest absolute Gasteiger partial charge is 0.248 e. The Morgan fingerprint density at radius 3 is 2.67 bits per heavy atom. The SMILES string of the molecule is COc1c(/C(C)=C/C(=O)Nc2ccc(Cl)c(Cl)c2)cc2c3c(oc2c1C)CCCC3. The van der Waals surface area contributed by atoms with Crippen molar-refractivity contribution in [2.45, 2.75) is 39.5 Å². The molecule has 0 aliphatic heterocycles. The van der Waals surface area contributed by atoms with E-state index >= 15 is 0 Å². The molecule has 4 nitrogen and oxygen atoms in total. The highest BCUT2D eigenvalue weighted by Crippen LogP contribution is 2.41. The van der Waals surface area contributed by atoms with Gasteiger partial charge >= 0.3 is 0 Å². The van der Waals surface area contributed by atoms with Crippen molar-refractivity contribution in [3.63, 3.8) is 0 Å². The fourth-order valence-corrected chi connectivity index (χ4v) is 4.42. The summed E-state index contributed by atoms with van der Waals surface area (Å²) < 4.78 is 11.9. The first-order valence-electron chi connectivity index (χ1n) is 9.95. The molecule has 3 aromatic rings. The minimum absolute atomic E-state index is 0.250. The Kier molecular flexibility index (Phi) is 5.81. The average Bonchev–Trinajstić information content (AvgIpc) is 3.09. The van der Waals surface area contributed by atoms with Crippen LogP contribution in [0.15, 0.2) is 34.8 Å². The van der Waals surface area contributed by atoms with Gasteiger partial charge in [-0.3, -0.25) is 4.79 Å². The zero-order valence-electron chi connectivity index (χ0n) is 17.2. The maximum absolute atomic E-state index is 12.6. The lowest BCUT2D eigenvalue weighted by atomic mass is 9.93. The predicted octanol–water partition coefficient (Wildman–Crippen LogP) is 6.98. The van der Waals surface area contributed by atoms with E-state index in [-0.39, 0.29) is 5.91 Å². The number of anilines is 1. The van der Waals surface area contributed by atoms with E-state index in [1.807, 2.05) is 13.8 Å². The molecule has 0 saturated heterocycles. The monoisotopic (exact) mass is 443 g/mol. The molecule has 0 fully saturated rings. The third-order valence-corrected chi connectivity index (χ3v) is 6.33. The molecule has 1 N–H and O–H groups in total. The molecular weight excluding hydrogens is 421 g/mol. The highest BCUT2D eigenvalue weighted by Gasteiger charge is 2.23. The highest BCUT2D eigenvalue weighted by atomic mass is 35.5. The zero-order valence-corrected chi connectivity index (χ0v) is 18.7. The van der Waals surface area contributed by atoms with Crippen LogP contribution in [0, 0.1) is 6.92 Å². The van der Waals surface area contributed by atoms with Crippen molar-refractivity contribution < 1.29 is 13.9 Å². The van der Waals surface area contributed by atoms with Crippen molar-refractivity contribution in [1.82, 2.24) is 0 Å². The summed E-state index contributed by atoms with van der Waals surface area (Å²) in [5.74, 6) is 1.56. The lowest BCUT2D eigenvalue weighted by Crippen LogP contribution is -2.08. The van der Waals surface area contributed by atoms with Crippen molar-refractivity contribution in [2.24, 2.45) is 0 Å². The summed E-state index contributed by atoms with van der Waals surface area (Å²) in [6.45, 7) is 3.91. The quantitative estimate of drug-likeness (QED) is 0.442. The maximum atomic E-state index is 12.6. The van der Waals surface area contributed by atoms with E-state index in [1.165, 1.54) is 12.0 Å². The number of hydrogen-bond acceptors (Lipinski definition) is 3. The van der Waals surface area contributed by atoms with Gasteiger partial charge in [-0.2, -0.15) is 0 Å². The first-order chi connectivity index (χ1) is 14.4. The number of carbonyl (C=O) groups excluding carboxylic acids is 1. The Morgan fingerprint density at radius 1 is 1.17 bits per heavy atom. The summed E-state index contributed by atoms with van der Waals surface area (Å²) in [4.78, 5) is 12.6. The summed E-state index contributed by atoms with van der Waals surface area (Å²) in [5, 5.41) is 4.78. The van der Waals surface area contributed by atoms with Gasteiger partial charge in [0.05, 0.1) is 17.2 Å². The van der Waals surface area contributed by atoms with Crippen LogP contribution in [0.25, 0.3) is 16.5 Å². The standard InChI is InChI=1S/C24H23Cl2NO3/c1-13(10-22(28)27-15-8-9-19(25)20(26)11-15)17-12-18-16-6-4-5-7-21(16)30-24(18)14(2)23(17)29-3/h8-12H,4-7H2,1-3H3,(H,27,28)/b13-10+. The molecule has 0 bridgehead atoms. The Labute approximate surface area is 185 Å². The van der Waals surface area contributed by atoms with Crippen LogP contribution < -0.4 is 10.1 Å². The first-order valence-corrected chi connectivity index (χ1v) is 10.7. The van der Waals surface area contributed by atoms with Crippen LogP contribution in [0.1, 0.15) is 42.2 Å². The predicted molar refractivity (Wildman–Crippen MR) is 123 cm³/mol. The van der Waals surface area contributed by atoms with E-state index in [1.54, 1.807) is 31.4 Å². The summed E-state index contributed by atoms with van der Waals surface area (Å²) in [7, 11) is 1.64. The fraction of sp³-hybridized carbons (Fsp3) is 0.292. The summed E-state index contributed by atoms with van der Waals surface area (Å²) >= 11 is 12.0. The number of methoxy groups -OCH3 is 1.